The van der Waals surface area contributed by atoms with Crippen molar-refractivity contribution in [2.45, 2.75) is 25.2 Å². The SMILES string of the molecule is N#Cc1cc(CC(=O)O)ccc1Oc1ccc(C(=O)CC2CC2c2ccccc2)cc1. The van der Waals surface area contributed by atoms with Gasteiger partial charge in [-0.05, 0) is 65.8 Å². The summed E-state index contributed by atoms with van der Waals surface area (Å²) in [7, 11) is 0. The van der Waals surface area contributed by atoms with Crippen molar-refractivity contribution in [2.24, 2.45) is 5.92 Å². The van der Waals surface area contributed by atoms with E-state index in [9.17, 15) is 14.9 Å². The Labute approximate surface area is 180 Å². The second kappa shape index (κ2) is 8.85. The highest BCUT2D eigenvalue weighted by Gasteiger charge is 2.39. The van der Waals surface area contributed by atoms with Gasteiger partial charge in [-0.25, -0.2) is 0 Å². The van der Waals surface area contributed by atoms with Gasteiger partial charge in [-0.3, -0.25) is 9.59 Å². The fraction of sp³-hybridized carbons (Fsp3) is 0.192. The standard InChI is InChI=1S/C26H21NO4/c27-16-21-12-17(13-26(29)30)6-11-25(21)31-22-9-7-19(8-10-22)24(28)15-20-14-23(20)18-4-2-1-3-5-18/h1-12,20,23H,13-15H2,(H,29,30). The number of hydrogen-bond acceptors (Lipinski definition) is 4. The van der Waals surface area contributed by atoms with Crippen LogP contribution in [0.1, 0.15) is 45.8 Å². The number of hydrogen-bond donors (Lipinski definition) is 1. The van der Waals surface area contributed by atoms with Crippen molar-refractivity contribution in [3.05, 3.63) is 95.1 Å². The molecule has 1 aliphatic carbocycles. The Bertz CT molecular complexity index is 1150. The van der Waals surface area contributed by atoms with Gasteiger partial charge in [-0.2, -0.15) is 5.26 Å². The predicted molar refractivity (Wildman–Crippen MR) is 115 cm³/mol. The van der Waals surface area contributed by atoms with Crippen LogP contribution in [0.5, 0.6) is 11.5 Å². The van der Waals surface area contributed by atoms with Gasteiger partial charge in [0.2, 0.25) is 0 Å². The molecule has 5 nitrogen and oxygen atoms in total. The molecule has 1 N–H and O–H groups in total. The molecule has 4 rings (SSSR count). The smallest absolute Gasteiger partial charge is 0.307 e. The lowest BCUT2D eigenvalue weighted by Gasteiger charge is -2.09. The molecule has 3 aromatic carbocycles. The third-order valence-corrected chi connectivity index (χ3v) is 5.52. The fourth-order valence-corrected chi connectivity index (χ4v) is 3.81. The molecule has 1 fully saturated rings. The van der Waals surface area contributed by atoms with E-state index in [2.05, 4.69) is 12.1 Å². The Kier molecular flexibility index (Phi) is 5.81. The Balaban J connectivity index is 1.38. The van der Waals surface area contributed by atoms with Gasteiger partial charge in [0, 0.05) is 12.0 Å². The summed E-state index contributed by atoms with van der Waals surface area (Å²) in [5, 5.41) is 18.2. The molecule has 0 bridgehead atoms. The highest BCUT2D eigenvalue weighted by Crippen LogP contribution is 2.49. The fourth-order valence-electron chi connectivity index (χ4n) is 3.81. The van der Waals surface area contributed by atoms with Crippen LogP contribution in [0.3, 0.4) is 0 Å². The summed E-state index contributed by atoms with van der Waals surface area (Å²) in [6.07, 6.45) is 1.42. The van der Waals surface area contributed by atoms with E-state index in [1.807, 2.05) is 24.3 Å². The molecule has 3 aromatic rings. The molecular formula is C26H21NO4. The lowest BCUT2D eigenvalue weighted by atomic mass is 10.0. The molecule has 0 amide bonds. The number of rotatable bonds is 8. The van der Waals surface area contributed by atoms with Crippen LogP contribution >= 0.6 is 0 Å². The number of ketones is 1. The largest absolute Gasteiger partial charge is 0.481 e. The maximum absolute atomic E-state index is 12.6. The lowest BCUT2D eigenvalue weighted by molar-refractivity contribution is -0.136. The summed E-state index contributed by atoms with van der Waals surface area (Å²) < 4.78 is 5.78. The van der Waals surface area contributed by atoms with Crippen molar-refractivity contribution in [3.8, 4) is 17.6 Å². The average Bonchev–Trinajstić information content (AvgIpc) is 3.54. The van der Waals surface area contributed by atoms with Gasteiger partial charge in [-0.15, -0.1) is 0 Å². The number of nitriles is 1. The molecule has 0 aliphatic heterocycles. The highest BCUT2D eigenvalue weighted by molar-refractivity contribution is 5.96. The van der Waals surface area contributed by atoms with E-state index in [-0.39, 0.29) is 17.8 Å². The minimum atomic E-state index is -0.959. The third kappa shape index (κ3) is 4.99. The minimum absolute atomic E-state index is 0.116. The second-order valence-electron chi connectivity index (χ2n) is 7.78. The van der Waals surface area contributed by atoms with Crippen LogP contribution in [0.4, 0.5) is 0 Å². The highest BCUT2D eigenvalue weighted by atomic mass is 16.5. The zero-order valence-electron chi connectivity index (χ0n) is 16.8. The van der Waals surface area contributed by atoms with Crippen LogP contribution in [0.15, 0.2) is 72.8 Å². The molecule has 0 heterocycles. The zero-order valence-corrected chi connectivity index (χ0v) is 16.8. The van der Waals surface area contributed by atoms with E-state index in [0.29, 0.717) is 40.9 Å². The number of carboxylic acids is 1. The van der Waals surface area contributed by atoms with Crippen molar-refractivity contribution < 1.29 is 19.4 Å². The van der Waals surface area contributed by atoms with Crippen LogP contribution in [0.25, 0.3) is 0 Å². The Morgan fingerprint density at radius 2 is 1.77 bits per heavy atom. The quantitative estimate of drug-likeness (QED) is 0.505. The second-order valence-corrected chi connectivity index (χ2v) is 7.78. The van der Waals surface area contributed by atoms with Crippen molar-refractivity contribution in [2.75, 3.05) is 0 Å². The summed E-state index contributed by atoms with van der Waals surface area (Å²) in [6, 6.07) is 24.0. The Hall–Kier alpha value is -3.91. The molecule has 0 aromatic heterocycles. The van der Waals surface area contributed by atoms with Crippen molar-refractivity contribution in [1.29, 1.82) is 5.26 Å². The van der Waals surface area contributed by atoms with Gasteiger partial charge in [0.25, 0.3) is 0 Å². The van der Waals surface area contributed by atoms with E-state index < -0.39 is 5.97 Å². The summed E-state index contributed by atoms with van der Waals surface area (Å²) in [5.74, 6) is 0.881. The van der Waals surface area contributed by atoms with Gasteiger partial charge in [0.15, 0.2) is 5.78 Å². The van der Waals surface area contributed by atoms with Crippen LogP contribution in [-0.4, -0.2) is 16.9 Å². The normalized spacial score (nSPS) is 16.9. The Morgan fingerprint density at radius 1 is 1.03 bits per heavy atom. The summed E-state index contributed by atoms with van der Waals surface area (Å²) in [5.41, 5.74) is 2.74. The molecule has 31 heavy (non-hydrogen) atoms. The molecule has 0 radical (unpaired) electrons. The first-order valence-corrected chi connectivity index (χ1v) is 10.1. The molecule has 0 saturated heterocycles. The molecule has 0 spiro atoms. The van der Waals surface area contributed by atoms with Gasteiger partial charge in [-0.1, -0.05) is 36.4 Å². The number of benzene rings is 3. The summed E-state index contributed by atoms with van der Waals surface area (Å²) >= 11 is 0. The number of ether oxygens (including phenoxy) is 1. The first-order chi connectivity index (χ1) is 15.0. The van der Waals surface area contributed by atoms with Crippen LogP contribution < -0.4 is 4.74 Å². The summed E-state index contributed by atoms with van der Waals surface area (Å²) in [4.78, 5) is 23.5. The molecule has 5 heteroatoms. The van der Waals surface area contributed by atoms with Gasteiger partial charge in [0.05, 0.1) is 12.0 Å². The zero-order chi connectivity index (χ0) is 21.8. The molecule has 2 atom stereocenters. The van der Waals surface area contributed by atoms with Gasteiger partial charge >= 0.3 is 5.97 Å². The van der Waals surface area contributed by atoms with Crippen LogP contribution in [0.2, 0.25) is 0 Å². The van der Waals surface area contributed by atoms with E-state index in [4.69, 9.17) is 9.84 Å². The Morgan fingerprint density at radius 3 is 2.45 bits per heavy atom. The number of Topliss-reactive ketones (excluding diaryl/α,β-unsaturated/α-hetero) is 1. The number of carboxylic acid groups (broad SMARTS) is 1. The number of nitrogens with zero attached hydrogens (tertiary/aromatic N) is 1. The number of carbonyl (C=O) groups is 2. The third-order valence-electron chi connectivity index (χ3n) is 5.52. The van der Waals surface area contributed by atoms with Crippen molar-refractivity contribution in [1.82, 2.24) is 0 Å². The van der Waals surface area contributed by atoms with Crippen LogP contribution in [0, 0.1) is 17.2 Å². The lowest BCUT2D eigenvalue weighted by Crippen LogP contribution is -2.01. The number of aliphatic carboxylic acids is 1. The van der Waals surface area contributed by atoms with Gasteiger partial charge in [0.1, 0.15) is 17.6 Å². The van der Waals surface area contributed by atoms with E-state index >= 15 is 0 Å². The minimum Gasteiger partial charge on any atom is -0.481 e. The monoisotopic (exact) mass is 411 g/mol. The first kappa shape index (κ1) is 20.4. The molecule has 1 saturated carbocycles. The molecule has 2 unspecified atom stereocenters. The van der Waals surface area contributed by atoms with E-state index in [1.54, 1.807) is 36.4 Å². The van der Waals surface area contributed by atoms with Gasteiger partial charge < -0.3 is 9.84 Å². The average molecular weight is 411 g/mol. The first-order valence-electron chi connectivity index (χ1n) is 10.1. The van der Waals surface area contributed by atoms with E-state index in [0.717, 1.165) is 6.42 Å². The van der Waals surface area contributed by atoms with Crippen LogP contribution in [-0.2, 0) is 11.2 Å². The molecule has 154 valence electrons. The maximum atomic E-state index is 12.6. The molecule has 1 aliphatic rings. The summed E-state index contributed by atoms with van der Waals surface area (Å²) in [6.45, 7) is 0. The van der Waals surface area contributed by atoms with Crippen molar-refractivity contribution in [3.63, 3.8) is 0 Å². The predicted octanol–water partition coefficient (Wildman–Crippen LogP) is 5.35. The number of carbonyl (C=O) groups excluding carboxylic acids is 1. The molecular weight excluding hydrogens is 390 g/mol. The van der Waals surface area contributed by atoms with E-state index in [1.165, 1.54) is 11.6 Å². The maximum Gasteiger partial charge on any atom is 0.307 e. The van der Waals surface area contributed by atoms with Crippen molar-refractivity contribution >= 4 is 11.8 Å². The topological polar surface area (TPSA) is 87.4 Å².